The summed E-state index contributed by atoms with van der Waals surface area (Å²) < 4.78 is 13.7. The van der Waals surface area contributed by atoms with Crippen LogP contribution in [-0.4, -0.2) is 36.5 Å². The predicted octanol–water partition coefficient (Wildman–Crippen LogP) is 2.20. The number of guanidine groups is 1. The van der Waals surface area contributed by atoms with Gasteiger partial charge in [-0.25, -0.2) is 9.38 Å². The molecule has 1 aliphatic rings. The zero-order chi connectivity index (χ0) is 15.9. The van der Waals surface area contributed by atoms with Crippen molar-refractivity contribution < 1.29 is 4.39 Å². The van der Waals surface area contributed by atoms with Crippen molar-refractivity contribution in [1.82, 2.24) is 10.2 Å². The summed E-state index contributed by atoms with van der Waals surface area (Å²) in [4.78, 5) is 6.58. The molecule has 0 radical (unpaired) electrons. The number of aliphatic imine (C=N–C) groups is 1. The van der Waals surface area contributed by atoms with E-state index in [1.165, 1.54) is 18.9 Å². The fraction of sp³-hybridized carbons (Fsp3) is 0.500. The number of likely N-dealkylation sites (tertiary alicyclic amines) is 1. The van der Waals surface area contributed by atoms with Crippen molar-refractivity contribution in [2.45, 2.75) is 32.4 Å². The van der Waals surface area contributed by atoms with Crippen molar-refractivity contribution in [3.05, 3.63) is 35.1 Å². The highest BCUT2D eigenvalue weighted by molar-refractivity contribution is 14.0. The molecule has 7 heteroatoms. The predicted molar refractivity (Wildman–Crippen MR) is 100 cm³/mol. The third kappa shape index (κ3) is 5.62. The molecule has 23 heavy (non-hydrogen) atoms. The van der Waals surface area contributed by atoms with Gasteiger partial charge in [0.2, 0.25) is 0 Å². The van der Waals surface area contributed by atoms with Crippen LogP contribution >= 0.6 is 24.0 Å². The fourth-order valence-corrected chi connectivity index (χ4v) is 2.74. The molecule has 1 unspecified atom stereocenters. The molecular formula is C16H23FIN5. The van der Waals surface area contributed by atoms with E-state index in [0.717, 1.165) is 19.6 Å². The molecule has 0 aromatic heterocycles. The maximum absolute atomic E-state index is 13.7. The van der Waals surface area contributed by atoms with E-state index in [4.69, 9.17) is 11.0 Å². The number of rotatable bonds is 5. The van der Waals surface area contributed by atoms with E-state index in [1.807, 2.05) is 6.07 Å². The summed E-state index contributed by atoms with van der Waals surface area (Å²) in [7, 11) is 0. The first-order chi connectivity index (χ1) is 10.6. The zero-order valence-electron chi connectivity index (χ0n) is 13.3. The highest BCUT2D eigenvalue weighted by atomic mass is 127. The Kier molecular flexibility index (Phi) is 8.26. The van der Waals surface area contributed by atoms with Gasteiger partial charge in [-0.3, -0.25) is 4.90 Å². The van der Waals surface area contributed by atoms with Crippen LogP contribution in [0.15, 0.2) is 23.2 Å². The summed E-state index contributed by atoms with van der Waals surface area (Å²) in [5, 5.41) is 11.8. The van der Waals surface area contributed by atoms with Crippen LogP contribution in [0.1, 0.15) is 30.9 Å². The van der Waals surface area contributed by atoms with Crippen molar-refractivity contribution in [2.24, 2.45) is 10.7 Å². The summed E-state index contributed by atoms with van der Waals surface area (Å²) in [6, 6.07) is 6.76. The summed E-state index contributed by atoms with van der Waals surface area (Å²) in [5.74, 6) is -0.102. The molecule has 1 aromatic carbocycles. The molecule has 126 valence electrons. The van der Waals surface area contributed by atoms with Crippen molar-refractivity contribution >= 4 is 29.9 Å². The van der Waals surface area contributed by atoms with Crippen molar-refractivity contribution in [3.8, 4) is 6.07 Å². The number of hydrogen-bond acceptors (Lipinski definition) is 3. The number of nitriles is 1. The minimum Gasteiger partial charge on any atom is -0.370 e. The molecule has 3 N–H and O–H groups in total. The number of hydrogen-bond donors (Lipinski definition) is 2. The topological polar surface area (TPSA) is 77.4 Å². The van der Waals surface area contributed by atoms with E-state index in [1.54, 1.807) is 12.1 Å². The Hall–Kier alpha value is -1.40. The maximum atomic E-state index is 13.7. The number of likely N-dealkylation sites (N-methyl/N-ethyl adjacent to an activating group) is 1. The van der Waals surface area contributed by atoms with E-state index < -0.39 is 5.82 Å². The standard InChI is InChI=1S/C16H22FN5.HI/c1-2-22-7-3-4-14(22)11-21-16(19)20-10-13-6-5-12(9-18)8-15(13)17;/h5-6,8,14H,2-4,7,10-11H2,1H3,(H3,19,20,21);1H. The summed E-state index contributed by atoms with van der Waals surface area (Å²) in [6.45, 7) is 5.26. The van der Waals surface area contributed by atoms with Crippen molar-refractivity contribution in [3.63, 3.8) is 0 Å². The molecule has 1 aliphatic heterocycles. The molecule has 1 saturated heterocycles. The van der Waals surface area contributed by atoms with Gasteiger partial charge in [-0.05, 0) is 38.1 Å². The monoisotopic (exact) mass is 431 g/mol. The SMILES string of the molecule is CCN1CCCC1CNC(N)=NCc1ccc(C#N)cc1F.I. The summed E-state index contributed by atoms with van der Waals surface area (Å²) in [6.07, 6.45) is 2.38. The van der Waals surface area contributed by atoms with Gasteiger partial charge < -0.3 is 11.1 Å². The second-order valence-electron chi connectivity index (χ2n) is 5.43. The van der Waals surface area contributed by atoms with Gasteiger partial charge in [0.25, 0.3) is 0 Å². The normalized spacial score (nSPS) is 18.3. The van der Waals surface area contributed by atoms with Gasteiger partial charge in [-0.2, -0.15) is 5.26 Å². The first-order valence-electron chi connectivity index (χ1n) is 7.60. The lowest BCUT2D eigenvalue weighted by molar-refractivity contribution is 0.267. The second-order valence-corrected chi connectivity index (χ2v) is 5.43. The largest absolute Gasteiger partial charge is 0.370 e. The maximum Gasteiger partial charge on any atom is 0.188 e. The summed E-state index contributed by atoms with van der Waals surface area (Å²) >= 11 is 0. The molecule has 5 nitrogen and oxygen atoms in total. The Balaban J connectivity index is 0.00000264. The molecule has 0 aliphatic carbocycles. The van der Waals surface area contributed by atoms with E-state index in [2.05, 4.69) is 22.1 Å². The molecule has 0 amide bonds. The highest BCUT2D eigenvalue weighted by Gasteiger charge is 2.22. The molecule has 2 rings (SSSR count). The number of benzene rings is 1. The second kappa shape index (κ2) is 9.67. The molecule has 1 heterocycles. The van der Waals surface area contributed by atoms with E-state index in [9.17, 15) is 4.39 Å². The van der Waals surface area contributed by atoms with Crippen LogP contribution in [0.4, 0.5) is 4.39 Å². The van der Waals surface area contributed by atoms with Gasteiger partial charge in [0.05, 0.1) is 18.2 Å². The molecule has 1 fully saturated rings. The van der Waals surface area contributed by atoms with E-state index in [0.29, 0.717) is 23.1 Å². The third-order valence-corrected chi connectivity index (χ3v) is 4.03. The van der Waals surface area contributed by atoms with Crippen LogP contribution in [-0.2, 0) is 6.54 Å². The quantitative estimate of drug-likeness (QED) is 0.426. The first-order valence-corrected chi connectivity index (χ1v) is 7.60. The highest BCUT2D eigenvalue weighted by Crippen LogP contribution is 2.15. The van der Waals surface area contributed by atoms with Crippen molar-refractivity contribution in [2.75, 3.05) is 19.6 Å². The molecule has 0 spiro atoms. The van der Waals surface area contributed by atoms with Gasteiger partial charge in [0.1, 0.15) is 5.82 Å². The van der Waals surface area contributed by atoms with Crippen LogP contribution in [0.2, 0.25) is 0 Å². The number of nitrogens with zero attached hydrogens (tertiary/aromatic N) is 3. The average molecular weight is 431 g/mol. The van der Waals surface area contributed by atoms with Gasteiger partial charge in [-0.1, -0.05) is 13.0 Å². The van der Waals surface area contributed by atoms with Gasteiger partial charge in [0.15, 0.2) is 5.96 Å². The lowest BCUT2D eigenvalue weighted by Crippen LogP contribution is -2.42. The third-order valence-electron chi connectivity index (χ3n) is 4.03. The van der Waals surface area contributed by atoms with Crippen LogP contribution in [0.3, 0.4) is 0 Å². The molecule has 1 aromatic rings. The first kappa shape index (κ1) is 19.6. The Morgan fingerprint density at radius 3 is 3.00 bits per heavy atom. The minimum absolute atomic E-state index is 0. The van der Waals surface area contributed by atoms with Crippen LogP contribution in [0.25, 0.3) is 0 Å². The number of nitrogens with one attached hydrogen (secondary N) is 1. The van der Waals surface area contributed by atoms with Gasteiger partial charge >= 0.3 is 0 Å². The fourth-order valence-electron chi connectivity index (χ4n) is 2.74. The van der Waals surface area contributed by atoms with E-state index in [-0.39, 0.29) is 30.5 Å². The molecule has 1 atom stereocenters. The lowest BCUT2D eigenvalue weighted by Gasteiger charge is -2.23. The van der Waals surface area contributed by atoms with Crippen LogP contribution < -0.4 is 11.1 Å². The smallest absolute Gasteiger partial charge is 0.188 e. The van der Waals surface area contributed by atoms with E-state index >= 15 is 0 Å². The Bertz CT molecular complexity index is 584. The average Bonchev–Trinajstić information content (AvgIpc) is 2.99. The Morgan fingerprint density at radius 2 is 2.35 bits per heavy atom. The van der Waals surface area contributed by atoms with Gasteiger partial charge in [0, 0.05) is 18.2 Å². The Labute approximate surface area is 153 Å². The molecule has 0 saturated carbocycles. The van der Waals surface area contributed by atoms with Gasteiger partial charge in [-0.15, -0.1) is 24.0 Å². The lowest BCUT2D eigenvalue weighted by atomic mass is 10.1. The van der Waals surface area contributed by atoms with Crippen LogP contribution in [0, 0.1) is 17.1 Å². The van der Waals surface area contributed by atoms with Crippen LogP contribution in [0.5, 0.6) is 0 Å². The summed E-state index contributed by atoms with van der Waals surface area (Å²) in [5.41, 5.74) is 6.57. The Morgan fingerprint density at radius 1 is 1.57 bits per heavy atom. The number of nitrogens with two attached hydrogens (primary N) is 1. The minimum atomic E-state index is -0.427. The molecular weight excluding hydrogens is 408 g/mol. The molecule has 0 bridgehead atoms. The van der Waals surface area contributed by atoms with Crippen molar-refractivity contribution in [1.29, 1.82) is 5.26 Å². The zero-order valence-corrected chi connectivity index (χ0v) is 15.6. The number of halogens is 2.